The van der Waals surface area contributed by atoms with Gasteiger partial charge in [0.05, 0.1) is 26.9 Å². The number of methoxy groups -OCH3 is 1. The van der Waals surface area contributed by atoms with Crippen LogP contribution in [-0.4, -0.2) is 72.3 Å². The highest BCUT2D eigenvalue weighted by atomic mass is 16.6. The van der Waals surface area contributed by atoms with Crippen molar-refractivity contribution in [1.82, 2.24) is 15.0 Å². The maximum atomic E-state index is 11.6. The minimum absolute atomic E-state index is 0.0245. The van der Waals surface area contributed by atoms with Gasteiger partial charge in [-0.05, 0) is 31.2 Å². The topological polar surface area (TPSA) is 114 Å². The van der Waals surface area contributed by atoms with Crippen LogP contribution in [0.15, 0.2) is 49.1 Å². The van der Waals surface area contributed by atoms with E-state index >= 15 is 0 Å². The molecule has 10 heteroatoms. The lowest BCUT2D eigenvalue weighted by Gasteiger charge is -2.18. The molecular weight excluding hydrogens is 430 g/mol. The monoisotopic (exact) mass is 457 g/mol. The smallest absolute Gasteiger partial charge is 0.330 e. The molecule has 0 amide bonds. The highest BCUT2D eigenvalue weighted by Crippen LogP contribution is 2.27. The number of carbonyl (C=O) groups excluding carboxylic acids is 1. The highest BCUT2D eigenvalue weighted by Gasteiger charge is 2.16. The van der Waals surface area contributed by atoms with Crippen LogP contribution in [0.1, 0.15) is 6.92 Å². The van der Waals surface area contributed by atoms with Gasteiger partial charge in [0.1, 0.15) is 40.6 Å². The second kappa shape index (κ2) is 11.8. The number of nitrogens with zero attached hydrogens (tertiary/aromatic N) is 3. The molecule has 1 atom stereocenters. The molecule has 0 saturated carbocycles. The van der Waals surface area contributed by atoms with Crippen molar-refractivity contribution in [2.45, 2.75) is 13.0 Å². The van der Waals surface area contributed by atoms with Gasteiger partial charge in [0.25, 0.3) is 0 Å². The number of carbonyl (C=O) groups is 1. The van der Waals surface area contributed by atoms with E-state index in [2.05, 4.69) is 16.8 Å². The zero-order valence-electron chi connectivity index (χ0n) is 18.6. The van der Waals surface area contributed by atoms with Gasteiger partial charge in [-0.2, -0.15) is 0 Å². The maximum absolute atomic E-state index is 11.6. The van der Waals surface area contributed by atoms with Crippen molar-refractivity contribution in [3.8, 4) is 22.9 Å². The second-order valence-corrected chi connectivity index (χ2v) is 6.84. The number of esters is 1. The molecule has 1 heterocycles. The summed E-state index contributed by atoms with van der Waals surface area (Å²) in [5.41, 5.74) is 1.67. The van der Waals surface area contributed by atoms with Crippen LogP contribution in [-0.2, 0) is 19.0 Å². The van der Waals surface area contributed by atoms with Crippen molar-refractivity contribution >= 4 is 17.0 Å². The average molecular weight is 457 g/mol. The average Bonchev–Trinajstić information content (AvgIpc) is 3.24. The summed E-state index contributed by atoms with van der Waals surface area (Å²) in [5.74, 6) is 0.385. The molecule has 10 nitrogen and oxygen atoms in total. The van der Waals surface area contributed by atoms with Crippen molar-refractivity contribution < 1.29 is 33.6 Å². The van der Waals surface area contributed by atoms with Crippen LogP contribution in [0.2, 0.25) is 0 Å². The van der Waals surface area contributed by atoms with Crippen LogP contribution in [0.4, 0.5) is 0 Å². The molecule has 0 aliphatic carbocycles. The van der Waals surface area contributed by atoms with Gasteiger partial charge in [-0.3, -0.25) is 0 Å². The number of benzene rings is 2. The van der Waals surface area contributed by atoms with E-state index in [0.717, 1.165) is 6.08 Å². The molecule has 0 spiro atoms. The van der Waals surface area contributed by atoms with E-state index in [-0.39, 0.29) is 19.0 Å². The van der Waals surface area contributed by atoms with Crippen molar-refractivity contribution in [2.24, 2.45) is 0 Å². The summed E-state index contributed by atoms with van der Waals surface area (Å²) in [7, 11) is 1.58. The number of fused-ring (bicyclic) bond motifs is 1. The first kappa shape index (κ1) is 24.0. The first-order chi connectivity index (χ1) is 16.0. The summed E-state index contributed by atoms with van der Waals surface area (Å²) in [5, 5.41) is 19.3. The molecule has 2 aromatic carbocycles. The van der Waals surface area contributed by atoms with Crippen molar-refractivity contribution in [1.29, 1.82) is 0 Å². The maximum Gasteiger partial charge on any atom is 0.330 e. The lowest BCUT2D eigenvalue weighted by molar-refractivity contribution is -0.148. The predicted octanol–water partition coefficient (Wildman–Crippen LogP) is 2.66. The van der Waals surface area contributed by atoms with E-state index in [9.17, 15) is 9.90 Å². The Labute approximate surface area is 191 Å². The number of phenols is 1. The standard InChI is InChI=1S/C23H27N3O7/c1-4-23(28)33-18(14-31-11-10-30-5-2)15-32-17-7-9-21(22(27)13-17)26-24-19-8-6-16(29-3)12-20(19)25-26/h4,6-9,12-13,18,27H,1,5,10-11,14-15H2,2-3H3. The summed E-state index contributed by atoms with van der Waals surface area (Å²) in [6.45, 7) is 6.85. The molecule has 176 valence electrons. The van der Waals surface area contributed by atoms with E-state index in [4.69, 9.17) is 23.7 Å². The van der Waals surface area contributed by atoms with Crippen LogP contribution in [0, 0.1) is 0 Å². The number of aromatic nitrogens is 3. The van der Waals surface area contributed by atoms with Gasteiger partial charge < -0.3 is 28.8 Å². The summed E-state index contributed by atoms with van der Waals surface area (Å²) in [6, 6.07) is 10.1. The Hall–Kier alpha value is -3.63. The van der Waals surface area contributed by atoms with Gasteiger partial charge in [0.15, 0.2) is 6.10 Å². The van der Waals surface area contributed by atoms with E-state index in [1.807, 2.05) is 6.92 Å². The fourth-order valence-electron chi connectivity index (χ4n) is 2.89. The van der Waals surface area contributed by atoms with Gasteiger partial charge in [-0.25, -0.2) is 4.79 Å². The Morgan fingerprint density at radius 2 is 1.85 bits per heavy atom. The number of ether oxygens (including phenoxy) is 5. The lowest BCUT2D eigenvalue weighted by atomic mass is 10.3. The van der Waals surface area contributed by atoms with Gasteiger partial charge in [0, 0.05) is 24.8 Å². The van der Waals surface area contributed by atoms with Gasteiger partial charge in [-0.1, -0.05) is 6.58 Å². The summed E-state index contributed by atoms with van der Waals surface area (Å²) in [6.07, 6.45) is 0.414. The third kappa shape index (κ3) is 6.67. The Balaban J connectivity index is 1.65. The zero-order chi connectivity index (χ0) is 23.6. The van der Waals surface area contributed by atoms with Crippen LogP contribution in [0.3, 0.4) is 0 Å². The molecule has 1 aromatic heterocycles. The van der Waals surface area contributed by atoms with Gasteiger partial charge in [0.2, 0.25) is 0 Å². The van der Waals surface area contributed by atoms with Crippen LogP contribution in [0.25, 0.3) is 16.7 Å². The van der Waals surface area contributed by atoms with Crippen molar-refractivity contribution in [3.63, 3.8) is 0 Å². The minimum atomic E-state index is -0.660. The van der Waals surface area contributed by atoms with E-state index in [0.29, 0.717) is 48.0 Å². The fourth-order valence-corrected chi connectivity index (χ4v) is 2.89. The molecule has 0 bridgehead atoms. The number of aromatic hydroxyl groups is 1. The third-order valence-electron chi connectivity index (χ3n) is 4.52. The minimum Gasteiger partial charge on any atom is -0.505 e. The van der Waals surface area contributed by atoms with Crippen LogP contribution >= 0.6 is 0 Å². The molecule has 0 fully saturated rings. The fraction of sp³-hybridized carbons (Fsp3) is 0.348. The number of rotatable bonds is 13. The lowest BCUT2D eigenvalue weighted by Crippen LogP contribution is -2.30. The summed E-state index contributed by atoms with van der Waals surface area (Å²) >= 11 is 0. The number of hydrogen-bond acceptors (Lipinski definition) is 9. The molecule has 3 rings (SSSR count). The highest BCUT2D eigenvalue weighted by molar-refractivity contribution is 5.81. The molecule has 1 unspecified atom stereocenters. The molecule has 0 aliphatic rings. The van der Waals surface area contributed by atoms with Crippen LogP contribution in [0.5, 0.6) is 17.2 Å². The van der Waals surface area contributed by atoms with Gasteiger partial charge in [-0.15, -0.1) is 15.0 Å². The molecule has 0 saturated heterocycles. The Kier molecular flexibility index (Phi) is 8.62. The Bertz CT molecular complexity index is 1080. The summed E-state index contributed by atoms with van der Waals surface area (Å²) in [4.78, 5) is 12.9. The molecule has 0 aliphatic heterocycles. The Morgan fingerprint density at radius 3 is 2.58 bits per heavy atom. The number of hydrogen-bond donors (Lipinski definition) is 1. The van der Waals surface area contributed by atoms with E-state index in [1.54, 1.807) is 37.4 Å². The molecule has 3 aromatic rings. The molecule has 0 radical (unpaired) electrons. The van der Waals surface area contributed by atoms with Crippen LogP contribution < -0.4 is 9.47 Å². The molecular formula is C23H27N3O7. The Morgan fingerprint density at radius 1 is 1.09 bits per heavy atom. The second-order valence-electron chi connectivity index (χ2n) is 6.84. The third-order valence-corrected chi connectivity index (χ3v) is 4.52. The normalized spacial score (nSPS) is 11.8. The summed E-state index contributed by atoms with van der Waals surface area (Å²) < 4.78 is 26.9. The van der Waals surface area contributed by atoms with Crippen molar-refractivity contribution in [3.05, 3.63) is 49.1 Å². The molecule has 33 heavy (non-hydrogen) atoms. The van der Waals surface area contributed by atoms with Gasteiger partial charge >= 0.3 is 5.97 Å². The SMILES string of the molecule is C=CC(=O)OC(COCCOCC)COc1ccc(-n2nc3ccc(OC)cc3n2)c(O)c1. The first-order valence-corrected chi connectivity index (χ1v) is 10.4. The predicted molar refractivity (Wildman–Crippen MR) is 120 cm³/mol. The zero-order valence-corrected chi connectivity index (χ0v) is 18.6. The molecule has 1 N–H and O–H groups in total. The van der Waals surface area contributed by atoms with E-state index in [1.165, 1.54) is 10.9 Å². The number of phenolic OH excluding ortho intramolecular Hbond substituents is 1. The van der Waals surface area contributed by atoms with E-state index < -0.39 is 12.1 Å². The first-order valence-electron chi connectivity index (χ1n) is 10.4. The quantitative estimate of drug-likeness (QED) is 0.235. The largest absolute Gasteiger partial charge is 0.505 e. The van der Waals surface area contributed by atoms with Crippen molar-refractivity contribution in [2.75, 3.05) is 40.1 Å².